The molecule has 1 aromatic rings. The fourth-order valence-corrected chi connectivity index (χ4v) is 3.87. The molecular weight excluding hydrogens is 358 g/mol. The van der Waals surface area contributed by atoms with Crippen LogP contribution in [0.1, 0.15) is 26.2 Å². The van der Waals surface area contributed by atoms with Crippen LogP contribution in [0.3, 0.4) is 0 Å². The monoisotopic (exact) mass is 384 g/mol. The van der Waals surface area contributed by atoms with Crippen LogP contribution in [0.25, 0.3) is 0 Å². The van der Waals surface area contributed by atoms with Gasteiger partial charge in [0.05, 0.1) is 13.2 Å². The number of aliphatic imine (C=N–C) groups is 1. The van der Waals surface area contributed by atoms with Crippen LogP contribution in [0.2, 0.25) is 0 Å². The van der Waals surface area contributed by atoms with Gasteiger partial charge in [0, 0.05) is 20.2 Å². The zero-order chi connectivity index (χ0) is 19.8. The van der Waals surface area contributed by atoms with Gasteiger partial charge in [-0.15, -0.1) is 0 Å². The number of amides is 3. The van der Waals surface area contributed by atoms with E-state index in [4.69, 9.17) is 4.74 Å². The second kappa shape index (κ2) is 7.26. The van der Waals surface area contributed by atoms with Gasteiger partial charge in [-0.3, -0.25) is 14.6 Å². The number of hydrogen-bond acceptors (Lipinski definition) is 5. The van der Waals surface area contributed by atoms with Gasteiger partial charge in [0.25, 0.3) is 5.91 Å². The molecule has 0 spiro atoms. The summed E-state index contributed by atoms with van der Waals surface area (Å²) in [6.07, 6.45) is 3.37. The van der Waals surface area contributed by atoms with Crippen molar-refractivity contribution in [2.24, 2.45) is 4.99 Å². The van der Waals surface area contributed by atoms with Gasteiger partial charge in [0.1, 0.15) is 18.0 Å². The quantitative estimate of drug-likeness (QED) is 0.554. The van der Waals surface area contributed by atoms with Crippen molar-refractivity contribution in [2.75, 3.05) is 38.7 Å². The minimum Gasteiger partial charge on any atom is -0.493 e. The van der Waals surface area contributed by atoms with E-state index in [0.717, 1.165) is 37.2 Å². The van der Waals surface area contributed by atoms with Gasteiger partial charge in [-0.2, -0.15) is 0 Å². The summed E-state index contributed by atoms with van der Waals surface area (Å²) in [5.74, 6) is 1.82. The van der Waals surface area contributed by atoms with Crippen molar-refractivity contribution in [2.45, 2.75) is 32.2 Å². The third kappa shape index (κ3) is 2.93. The lowest BCUT2D eigenvalue weighted by Gasteiger charge is -2.31. The highest BCUT2D eigenvalue weighted by Gasteiger charge is 2.54. The Labute approximate surface area is 164 Å². The lowest BCUT2D eigenvalue weighted by atomic mass is 10.1. The molecule has 0 radical (unpaired) electrons. The summed E-state index contributed by atoms with van der Waals surface area (Å²) in [5.41, 5.74) is 0.975. The molecule has 0 aromatic heterocycles. The zero-order valence-electron chi connectivity index (χ0n) is 16.6. The molecule has 3 aliphatic rings. The number of fused-ring (bicyclic) bond motifs is 2. The smallest absolute Gasteiger partial charge is 0.397 e. The summed E-state index contributed by atoms with van der Waals surface area (Å²) < 4.78 is 7.86. The Morgan fingerprint density at radius 3 is 2.82 bits per heavy atom. The number of rotatable bonds is 6. The third-order valence-corrected chi connectivity index (χ3v) is 5.46. The number of anilines is 1. The van der Waals surface area contributed by atoms with E-state index in [1.807, 2.05) is 28.8 Å². The van der Waals surface area contributed by atoms with Crippen LogP contribution in [0, 0.1) is 0 Å². The standard InChI is InChI=1S/C20H26N5O3/c1-4-5-6-12-28-15-9-7-8-14(13-15)24-10-11-25-16-17(21-19(24)25)22(2)20(27)23(3)18(16)26/h7-9,13,16H,4-6,10-12H2,1-3H3/q+1. The number of benzene rings is 1. The molecule has 0 aliphatic carbocycles. The number of nitrogens with zero attached hydrogens (tertiary/aromatic N) is 5. The Hall–Kier alpha value is -2.90. The van der Waals surface area contributed by atoms with Gasteiger partial charge in [0.2, 0.25) is 11.9 Å². The van der Waals surface area contributed by atoms with Crippen LogP contribution in [0.4, 0.5) is 10.5 Å². The molecule has 148 valence electrons. The van der Waals surface area contributed by atoms with Crippen molar-refractivity contribution in [1.29, 1.82) is 0 Å². The molecule has 1 fully saturated rings. The van der Waals surface area contributed by atoms with E-state index in [-0.39, 0.29) is 11.9 Å². The van der Waals surface area contributed by atoms with Crippen molar-refractivity contribution in [3.8, 4) is 5.75 Å². The van der Waals surface area contributed by atoms with Gasteiger partial charge in [-0.05, 0) is 18.6 Å². The number of carbonyl (C=O) groups excluding carboxylic acids is 2. The number of hydrogen-bond donors (Lipinski definition) is 0. The van der Waals surface area contributed by atoms with Gasteiger partial charge in [-0.1, -0.05) is 30.8 Å². The molecule has 8 nitrogen and oxygen atoms in total. The average molecular weight is 384 g/mol. The first-order valence-corrected chi connectivity index (χ1v) is 9.80. The topological polar surface area (TPSA) is 68.5 Å². The molecule has 1 unspecified atom stereocenters. The predicted octanol–water partition coefficient (Wildman–Crippen LogP) is 1.75. The second-order valence-corrected chi connectivity index (χ2v) is 7.31. The van der Waals surface area contributed by atoms with Crippen LogP contribution >= 0.6 is 0 Å². The summed E-state index contributed by atoms with van der Waals surface area (Å²) in [6, 6.07) is 7.07. The van der Waals surface area contributed by atoms with Crippen molar-refractivity contribution >= 4 is 29.4 Å². The normalized spacial score (nSPS) is 21.3. The average Bonchev–Trinajstić information content (AvgIpc) is 3.27. The van der Waals surface area contributed by atoms with E-state index in [2.05, 4.69) is 16.8 Å². The summed E-state index contributed by atoms with van der Waals surface area (Å²) in [6.45, 7) is 4.29. The Morgan fingerprint density at radius 2 is 2.04 bits per heavy atom. The molecule has 3 aliphatic heterocycles. The number of ether oxygens (including phenoxy) is 1. The fraction of sp³-hybridized carbons (Fsp3) is 0.500. The molecule has 4 rings (SSSR count). The highest BCUT2D eigenvalue weighted by Crippen LogP contribution is 2.28. The Morgan fingerprint density at radius 1 is 1.21 bits per heavy atom. The summed E-state index contributed by atoms with van der Waals surface area (Å²) in [4.78, 5) is 34.3. The largest absolute Gasteiger partial charge is 0.493 e. The number of imide groups is 1. The molecule has 3 heterocycles. The predicted molar refractivity (Wildman–Crippen MR) is 106 cm³/mol. The van der Waals surface area contributed by atoms with Gasteiger partial charge in [-0.25, -0.2) is 14.3 Å². The lowest BCUT2D eigenvalue weighted by molar-refractivity contribution is -0.525. The number of likely N-dealkylation sites (N-methyl/N-ethyl adjacent to an activating group) is 2. The molecule has 28 heavy (non-hydrogen) atoms. The van der Waals surface area contributed by atoms with E-state index in [1.165, 1.54) is 16.8 Å². The highest BCUT2D eigenvalue weighted by atomic mass is 16.5. The van der Waals surface area contributed by atoms with E-state index < -0.39 is 6.04 Å². The maximum atomic E-state index is 12.7. The summed E-state index contributed by atoms with van der Waals surface area (Å²) in [5, 5.41) is 0. The molecule has 0 bridgehead atoms. The number of amidine groups is 1. The minimum atomic E-state index is -0.527. The summed E-state index contributed by atoms with van der Waals surface area (Å²) in [7, 11) is 3.18. The molecule has 0 saturated carbocycles. The van der Waals surface area contributed by atoms with Gasteiger partial charge in [0.15, 0.2) is 0 Å². The van der Waals surface area contributed by atoms with Gasteiger partial charge < -0.3 is 4.74 Å². The minimum absolute atomic E-state index is 0.230. The van der Waals surface area contributed by atoms with E-state index in [9.17, 15) is 9.59 Å². The lowest BCUT2D eigenvalue weighted by Crippen LogP contribution is -2.61. The second-order valence-electron chi connectivity index (χ2n) is 7.31. The SMILES string of the molecule is CCCCCOc1cccc(N2CC[N+]3=C2N=C2C3C(=O)N(C)C(=O)N2C)c1. The van der Waals surface area contributed by atoms with Gasteiger partial charge >= 0.3 is 12.0 Å². The van der Waals surface area contributed by atoms with Crippen molar-refractivity contribution < 1.29 is 18.9 Å². The molecule has 8 heteroatoms. The third-order valence-electron chi connectivity index (χ3n) is 5.46. The molecule has 1 saturated heterocycles. The number of urea groups is 1. The van der Waals surface area contributed by atoms with Crippen LogP contribution < -0.4 is 9.64 Å². The number of guanidine groups is 1. The van der Waals surface area contributed by atoms with Crippen LogP contribution in [0.5, 0.6) is 5.75 Å². The fourth-order valence-electron chi connectivity index (χ4n) is 3.87. The molecule has 1 aromatic carbocycles. The first kappa shape index (κ1) is 18.5. The van der Waals surface area contributed by atoms with Crippen LogP contribution in [0.15, 0.2) is 29.3 Å². The van der Waals surface area contributed by atoms with Crippen LogP contribution in [-0.4, -0.2) is 77.9 Å². The maximum Gasteiger partial charge on any atom is 0.397 e. The van der Waals surface area contributed by atoms with Crippen molar-refractivity contribution in [1.82, 2.24) is 9.80 Å². The number of carbonyl (C=O) groups is 2. The molecule has 1 atom stereocenters. The first-order chi connectivity index (χ1) is 13.5. The van der Waals surface area contributed by atoms with E-state index in [1.54, 1.807) is 7.05 Å². The number of unbranched alkanes of at least 4 members (excludes halogenated alkanes) is 2. The van der Waals surface area contributed by atoms with E-state index >= 15 is 0 Å². The molecular formula is C20H26N5O3+. The van der Waals surface area contributed by atoms with Crippen molar-refractivity contribution in [3.05, 3.63) is 24.3 Å². The maximum absolute atomic E-state index is 12.7. The van der Waals surface area contributed by atoms with Crippen molar-refractivity contribution in [3.63, 3.8) is 0 Å². The Kier molecular flexibility index (Phi) is 4.78. The Bertz CT molecular complexity index is 878. The first-order valence-electron chi connectivity index (χ1n) is 9.80. The highest BCUT2D eigenvalue weighted by molar-refractivity contribution is 6.24. The molecule has 0 N–H and O–H groups in total. The Balaban J connectivity index is 1.58. The van der Waals surface area contributed by atoms with E-state index in [0.29, 0.717) is 24.9 Å². The molecule has 3 amide bonds. The zero-order valence-corrected chi connectivity index (χ0v) is 16.6. The van der Waals surface area contributed by atoms with Crippen LogP contribution in [-0.2, 0) is 4.79 Å². The summed E-state index contributed by atoms with van der Waals surface area (Å²) >= 11 is 0.